The fraction of sp³-hybridized carbons (Fsp3) is 0.438. The Balaban J connectivity index is 1.83. The molecule has 27 heavy (non-hydrogen) atoms. The van der Waals surface area contributed by atoms with Crippen molar-refractivity contribution in [3.8, 4) is 0 Å². The SMILES string of the molecule is Cc1ncc(CNc2ccc(S(=O)(=O)N3CCN(C)CC3)cc2[N+](=O)[O-])s1. The van der Waals surface area contributed by atoms with Crippen LogP contribution in [0.15, 0.2) is 29.3 Å². The minimum atomic E-state index is -3.76. The molecule has 0 aliphatic carbocycles. The van der Waals surface area contributed by atoms with Crippen LogP contribution < -0.4 is 5.32 Å². The molecule has 0 radical (unpaired) electrons. The van der Waals surface area contributed by atoms with Crippen molar-refractivity contribution in [2.24, 2.45) is 0 Å². The smallest absolute Gasteiger partial charge is 0.293 e. The first-order valence-electron chi connectivity index (χ1n) is 8.39. The van der Waals surface area contributed by atoms with Crippen molar-refractivity contribution in [2.45, 2.75) is 18.4 Å². The molecule has 11 heteroatoms. The number of benzene rings is 1. The van der Waals surface area contributed by atoms with Crippen molar-refractivity contribution in [1.82, 2.24) is 14.2 Å². The fourth-order valence-corrected chi connectivity index (χ4v) is 5.00. The van der Waals surface area contributed by atoms with Crippen molar-refractivity contribution in [3.63, 3.8) is 0 Å². The fourth-order valence-electron chi connectivity index (χ4n) is 2.82. The molecule has 0 atom stereocenters. The minimum absolute atomic E-state index is 0.0575. The Hall–Kier alpha value is -2.08. The summed E-state index contributed by atoms with van der Waals surface area (Å²) in [6.07, 6.45) is 1.71. The van der Waals surface area contributed by atoms with Crippen LogP contribution in [-0.4, -0.2) is 60.8 Å². The van der Waals surface area contributed by atoms with Crippen LogP contribution in [0.3, 0.4) is 0 Å². The van der Waals surface area contributed by atoms with Gasteiger partial charge in [-0.1, -0.05) is 0 Å². The highest BCUT2D eigenvalue weighted by molar-refractivity contribution is 7.89. The molecule has 2 aromatic rings. The number of nitrogens with one attached hydrogen (secondary N) is 1. The number of piperazine rings is 1. The Morgan fingerprint density at radius 2 is 2.00 bits per heavy atom. The Morgan fingerprint density at radius 3 is 2.59 bits per heavy atom. The lowest BCUT2D eigenvalue weighted by Crippen LogP contribution is -2.47. The molecule has 0 amide bonds. The number of sulfonamides is 1. The van der Waals surface area contributed by atoms with Gasteiger partial charge in [0, 0.05) is 43.3 Å². The zero-order valence-electron chi connectivity index (χ0n) is 15.1. The largest absolute Gasteiger partial charge is 0.375 e. The molecule has 2 heterocycles. The summed E-state index contributed by atoms with van der Waals surface area (Å²) < 4.78 is 27.0. The third-order valence-electron chi connectivity index (χ3n) is 4.39. The number of nitro groups is 1. The van der Waals surface area contributed by atoms with E-state index in [-0.39, 0.29) is 16.3 Å². The van der Waals surface area contributed by atoms with Gasteiger partial charge in [-0.2, -0.15) is 4.31 Å². The monoisotopic (exact) mass is 411 g/mol. The zero-order chi connectivity index (χ0) is 19.6. The summed E-state index contributed by atoms with van der Waals surface area (Å²) in [5.41, 5.74) is 0.0230. The number of aryl methyl sites for hydroxylation is 1. The number of nitrogens with zero attached hydrogens (tertiary/aromatic N) is 4. The Bertz CT molecular complexity index is 936. The van der Waals surface area contributed by atoms with Crippen molar-refractivity contribution >= 4 is 32.7 Å². The summed E-state index contributed by atoms with van der Waals surface area (Å²) in [5, 5.41) is 15.4. The van der Waals surface area contributed by atoms with E-state index in [1.165, 1.54) is 27.8 Å². The summed E-state index contributed by atoms with van der Waals surface area (Å²) in [6.45, 7) is 4.28. The number of aromatic nitrogens is 1. The first kappa shape index (κ1) is 19.7. The van der Waals surface area contributed by atoms with Crippen molar-refractivity contribution < 1.29 is 13.3 Å². The number of likely N-dealkylation sites (N-methyl/N-ethyl adjacent to an activating group) is 1. The van der Waals surface area contributed by atoms with E-state index in [2.05, 4.69) is 10.3 Å². The van der Waals surface area contributed by atoms with Crippen molar-refractivity contribution in [2.75, 3.05) is 38.5 Å². The molecule has 9 nitrogen and oxygen atoms in total. The van der Waals surface area contributed by atoms with Crippen LogP contribution >= 0.6 is 11.3 Å². The highest BCUT2D eigenvalue weighted by Gasteiger charge is 2.29. The van der Waals surface area contributed by atoms with E-state index in [1.54, 1.807) is 6.20 Å². The van der Waals surface area contributed by atoms with Crippen LogP contribution in [0.1, 0.15) is 9.88 Å². The summed E-state index contributed by atoms with van der Waals surface area (Å²) in [5.74, 6) is 0. The summed E-state index contributed by atoms with van der Waals surface area (Å²) in [6, 6.07) is 4.00. The van der Waals surface area contributed by atoms with Crippen molar-refractivity contribution in [1.29, 1.82) is 0 Å². The molecule has 1 fully saturated rings. The predicted octanol–water partition coefficient (Wildman–Crippen LogP) is 1.91. The molecule has 1 N–H and O–H groups in total. The van der Waals surface area contributed by atoms with Gasteiger partial charge < -0.3 is 10.2 Å². The van der Waals surface area contributed by atoms with E-state index in [0.29, 0.717) is 32.7 Å². The van der Waals surface area contributed by atoms with Gasteiger partial charge in [-0.3, -0.25) is 10.1 Å². The lowest BCUT2D eigenvalue weighted by molar-refractivity contribution is -0.384. The summed E-state index contributed by atoms with van der Waals surface area (Å²) >= 11 is 1.50. The van der Waals surface area contributed by atoms with Crippen LogP contribution in [0.5, 0.6) is 0 Å². The molecule has 0 spiro atoms. The molecule has 0 saturated carbocycles. The topological polar surface area (TPSA) is 109 Å². The normalized spacial score (nSPS) is 16.4. The van der Waals surface area contributed by atoms with Crippen LogP contribution in [0.25, 0.3) is 0 Å². The average Bonchev–Trinajstić information content (AvgIpc) is 3.05. The standard InChI is InChI=1S/C16H21N5O4S2/c1-12-17-10-13(26-12)11-18-15-4-3-14(9-16(15)21(22)23)27(24,25)20-7-5-19(2)6-8-20/h3-4,9-10,18H,5-8,11H2,1-2H3. The van der Waals surface area contributed by atoms with E-state index >= 15 is 0 Å². The third kappa shape index (κ3) is 4.43. The molecular formula is C16H21N5O4S2. The second-order valence-electron chi connectivity index (χ2n) is 6.34. The Kier molecular flexibility index (Phi) is 5.75. The number of thiazole rings is 1. The lowest BCUT2D eigenvalue weighted by atomic mass is 10.2. The van der Waals surface area contributed by atoms with Crippen LogP contribution in [0.2, 0.25) is 0 Å². The second-order valence-corrected chi connectivity index (χ2v) is 9.60. The number of hydrogen-bond acceptors (Lipinski definition) is 8. The molecule has 1 aromatic heterocycles. The first-order chi connectivity index (χ1) is 12.8. The maximum Gasteiger partial charge on any atom is 0.293 e. The van der Waals surface area contributed by atoms with Gasteiger partial charge in [0.15, 0.2) is 0 Å². The molecule has 1 aromatic carbocycles. The molecule has 1 saturated heterocycles. The van der Waals surface area contributed by atoms with Crippen LogP contribution in [0.4, 0.5) is 11.4 Å². The summed E-state index contributed by atoms with van der Waals surface area (Å²) in [4.78, 5) is 18.0. The second kappa shape index (κ2) is 7.89. The molecule has 1 aliphatic heterocycles. The van der Waals surface area contributed by atoms with E-state index in [1.807, 2.05) is 18.9 Å². The van der Waals surface area contributed by atoms with E-state index in [4.69, 9.17) is 0 Å². The molecule has 1 aliphatic rings. The van der Waals surface area contributed by atoms with E-state index in [9.17, 15) is 18.5 Å². The molecule has 0 bridgehead atoms. The average molecular weight is 412 g/mol. The number of nitro benzene ring substituents is 1. The molecule has 3 rings (SSSR count). The maximum atomic E-state index is 12.8. The number of rotatable bonds is 6. The van der Waals surface area contributed by atoms with E-state index in [0.717, 1.165) is 16.0 Å². The minimum Gasteiger partial charge on any atom is -0.375 e. The van der Waals surface area contributed by atoms with Gasteiger partial charge >= 0.3 is 0 Å². The van der Waals surface area contributed by atoms with Gasteiger partial charge in [0.2, 0.25) is 10.0 Å². The highest BCUT2D eigenvalue weighted by atomic mass is 32.2. The predicted molar refractivity (Wildman–Crippen MR) is 104 cm³/mol. The number of hydrogen-bond donors (Lipinski definition) is 1. The summed E-state index contributed by atoms with van der Waals surface area (Å²) in [7, 11) is -1.83. The molecular weight excluding hydrogens is 390 g/mol. The molecule has 0 unspecified atom stereocenters. The van der Waals surface area contributed by atoms with Gasteiger partial charge in [-0.25, -0.2) is 13.4 Å². The zero-order valence-corrected chi connectivity index (χ0v) is 16.7. The molecule has 146 valence electrons. The maximum absolute atomic E-state index is 12.8. The Morgan fingerprint density at radius 1 is 1.30 bits per heavy atom. The van der Waals surface area contributed by atoms with Crippen LogP contribution in [0, 0.1) is 17.0 Å². The van der Waals surface area contributed by atoms with Crippen molar-refractivity contribution in [3.05, 3.63) is 44.4 Å². The van der Waals surface area contributed by atoms with Gasteiger partial charge in [0.25, 0.3) is 5.69 Å². The van der Waals surface area contributed by atoms with Gasteiger partial charge in [0.1, 0.15) is 5.69 Å². The quantitative estimate of drug-likeness (QED) is 0.571. The van der Waals surface area contributed by atoms with Gasteiger partial charge in [-0.15, -0.1) is 11.3 Å². The first-order valence-corrected chi connectivity index (χ1v) is 10.7. The van der Waals surface area contributed by atoms with Crippen LogP contribution in [-0.2, 0) is 16.6 Å². The van der Waals surface area contributed by atoms with E-state index < -0.39 is 14.9 Å². The van der Waals surface area contributed by atoms with Gasteiger partial charge in [0.05, 0.1) is 21.4 Å². The Labute approximate surface area is 161 Å². The number of anilines is 1. The highest BCUT2D eigenvalue weighted by Crippen LogP contribution is 2.30. The lowest BCUT2D eigenvalue weighted by Gasteiger charge is -2.31. The third-order valence-corrected chi connectivity index (χ3v) is 7.20. The van der Waals surface area contributed by atoms with Gasteiger partial charge in [-0.05, 0) is 26.1 Å².